The standard InChI is InChI=1S/C20H17Cl2NO3S3/c21-13-5-6-16(22)15(9-13)12-8-14(28-11-12)10-17-19(26)23(20(27)29-17)7-3-1-2-4-18(24)25/h5-6,8-11H,1-4,7H2,(H,24,25)/b17-10-. The molecule has 1 aromatic carbocycles. The fourth-order valence-corrected chi connectivity index (χ4v) is 5.45. The van der Waals surface area contributed by atoms with Crippen LogP contribution >= 0.6 is 58.5 Å². The van der Waals surface area contributed by atoms with E-state index < -0.39 is 5.97 Å². The third-order valence-electron chi connectivity index (χ3n) is 4.28. The highest BCUT2D eigenvalue weighted by atomic mass is 35.5. The van der Waals surface area contributed by atoms with Crippen LogP contribution in [0.15, 0.2) is 34.6 Å². The van der Waals surface area contributed by atoms with Gasteiger partial charge in [-0.25, -0.2) is 0 Å². The molecule has 1 aliphatic heterocycles. The van der Waals surface area contributed by atoms with Gasteiger partial charge in [0, 0.05) is 33.5 Å². The quantitative estimate of drug-likeness (QED) is 0.260. The monoisotopic (exact) mass is 485 g/mol. The van der Waals surface area contributed by atoms with E-state index in [1.54, 1.807) is 17.0 Å². The van der Waals surface area contributed by atoms with E-state index in [0.29, 0.717) is 32.2 Å². The number of thioether (sulfide) groups is 1. The molecule has 29 heavy (non-hydrogen) atoms. The van der Waals surface area contributed by atoms with Gasteiger partial charge in [-0.3, -0.25) is 14.5 Å². The van der Waals surface area contributed by atoms with E-state index in [-0.39, 0.29) is 12.3 Å². The van der Waals surface area contributed by atoms with Gasteiger partial charge < -0.3 is 5.11 Å². The van der Waals surface area contributed by atoms with Crippen molar-refractivity contribution in [1.29, 1.82) is 0 Å². The lowest BCUT2D eigenvalue weighted by Gasteiger charge is -2.13. The van der Waals surface area contributed by atoms with E-state index in [1.807, 2.05) is 23.6 Å². The van der Waals surface area contributed by atoms with Crippen LogP contribution in [-0.2, 0) is 9.59 Å². The Kier molecular flexibility index (Phi) is 7.76. The third-order valence-corrected chi connectivity index (χ3v) is 7.10. The minimum atomic E-state index is -0.798. The van der Waals surface area contributed by atoms with E-state index in [9.17, 15) is 9.59 Å². The summed E-state index contributed by atoms with van der Waals surface area (Å²) in [6.45, 7) is 0.509. The minimum absolute atomic E-state index is 0.103. The molecule has 0 aliphatic carbocycles. The molecule has 9 heteroatoms. The van der Waals surface area contributed by atoms with E-state index in [1.165, 1.54) is 23.1 Å². The predicted octanol–water partition coefficient (Wildman–Crippen LogP) is 6.57. The molecular formula is C20H17Cl2NO3S3. The molecule has 0 saturated carbocycles. The summed E-state index contributed by atoms with van der Waals surface area (Å²) in [7, 11) is 0. The lowest BCUT2D eigenvalue weighted by Crippen LogP contribution is -2.29. The Hall–Kier alpha value is -1.38. The number of thiophene rings is 1. The van der Waals surface area contributed by atoms with Gasteiger partial charge >= 0.3 is 5.97 Å². The van der Waals surface area contributed by atoms with Crippen molar-refractivity contribution in [2.45, 2.75) is 25.7 Å². The Morgan fingerprint density at radius 2 is 2.00 bits per heavy atom. The highest BCUT2D eigenvalue weighted by molar-refractivity contribution is 8.26. The summed E-state index contributed by atoms with van der Waals surface area (Å²) in [6, 6.07) is 7.30. The Bertz CT molecular complexity index is 987. The van der Waals surface area contributed by atoms with Crippen LogP contribution in [0.5, 0.6) is 0 Å². The molecule has 1 aliphatic rings. The van der Waals surface area contributed by atoms with E-state index >= 15 is 0 Å². The van der Waals surface area contributed by atoms with E-state index in [0.717, 1.165) is 28.8 Å². The molecule has 4 nitrogen and oxygen atoms in total. The van der Waals surface area contributed by atoms with Crippen molar-refractivity contribution in [1.82, 2.24) is 4.90 Å². The molecular weight excluding hydrogens is 469 g/mol. The smallest absolute Gasteiger partial charge is 0.303 e. The first-order valence-electron chi connectivity index (χ1n) is 8.86. The maximum atomic E-state index is 12.7. The van der Waals surface area contributed by atoms with Crippen LogP contribution in [0.25, 0.3) is 17.2 Å². The second-order valence-corrected chi connectivity index (χ2v) is 9.86. The van der Waals surface area contributed by atoms with Gasteiger partial charge in [0.15, 0.2) is 0 Å². The lowest BCUT2D eigenvalue weighted by atomic mass is 10.1. The first kappa shape index (κ1) is 22.3. The molecule has 0 atom stereocenters. The highest BCUT2D eigenvalue weighted by Gasteiger charge is 2.31. The number of rotatable bonds is 8. The number of nitrogens with zero attached hydrogens (tertiary/aromatic N) is 1. The highest BCUT2D eigenvalue weighted by Crippen LogP contribution is 2.37. The summed E-state index contributed by atoms with van der Waals surface area (Å²) in [5.41, 5.74) is 1.80. The molecule has 0 radical (unpaired) electrons. The molecule has 2 aromatic rings. The number of hydrogen-bond donors (Lipinski definition) is 1. The number of carboxylic acids is 1. The Morgan fingerprint density at radius 1 is 1.21 bits per heavy atom. The van der Waals surface area contributed by atoms with Crippen molar-refractivity contribution in [3.05, 3.63) is 49.5 Å². The molecule has 0 bridgehead atoms. The van der Waals surface area contributed by atoms with Crippen molar-refractivity contribution < 1.29 is 14.7 Å². The average Bonchev–Trinajstić information content (AvgIpc) is 3.23. The summed E-state index contributed by atoms with van der Waals surface area (Å²) in [5, 5.41) is 11.9. The number of carbonyl (C=O) groups excluding carboxylic acids is 1. The van der Waals surface area contributed by atoms with Crippen LogP contribution < -0.4 is 0 Å². The van der Waals surface area contributed by atoms with Crippen LogP contribution in [0.2, 0.25) is 10.0 Å². The summed E-state index contributed by atoms with van der Waals surface area (Å²) < 4.78 is 0.536. The Balaban J connectivity index is 1.66. The first-order valence-corrected chi connectivity index (χ1v) is 11.7. The number of unbranched alkanes of at least 4 members (excludes halogenated alkanes) is 2. The second kappa shape index (κ2) is 10.1. The van der Waals surface area contributed by atoms with E-state index in [2.05, 4.69) is 0 Å². The van der Waals surface area contributed by atoms with Crippen LogP contribution in [0.1, 0.15) is 30.6 Å². The number of thiocarbonyl (C=S) groups is 1. The first-order chi connectivity index (χ1) is 13.8. The molecule has 152 valence electrons. The number of halogens is 2. The number of benzene rings is 1. The number of aliphatic carboxylic acids is 1. The minimum Gasteiger partial charge on any atom is -0.481 e. The summed E-state index contributed by atoms with van der Waals surface area (Å²) >= 11 is 20.5. The molecule has 3 rings (SSSR count). The topological polar surface area (TPSA) is 57.6 Å². The van der Waals surface area contributed by atoms with Crippen molar-refractivity contribution >= 4 is 80.8 Å². The van der Waals surface area contributed by atoms with Gasteiger partial charge in [-0.2, -0.15) is 0 Å². The van der Waals surface area contributed by atoms with Crippen LogP contribution in [-0.4, -0.2) is 32.7 Å². The average molecular weight is 486 g/mol. The zero-order chi connectivity index (χ0) is 21.0. The number of hydrogen-bond acceptors (Lipinski definition) is 5. The second-order valence-electron chi connectivity index (χ2n) is 6.40. The van der Waals surface area contributed by atoms with Crippen LogP contribution in [0.3, 0.4) is 0 Å². The van der Waals surface area contributed by atoms with Gasteiger partial charge in [-0.1, -0.05) is 53.6 Å². The fourth-order valence-electron chi connectivity index (χ4n) is 2.83. The number of carbonyl (C=O) groups is 2. The normalized spacial score (nSPS) is 15.5. The Labute approximate surface area is 192 Å². The number of amides is 1. The van der Waals surface area contributed by atoms with Gasteiger partial charge in [-0.05, 0) is 54.1 Å². The van der Waals surface area contributed by atoms with Crippen LogP contribution in [0, 0.1) is 0 Å². The van der Waals surface area contributed by atoms with Crippen molar-refractivity contribution in [2.24, 2.45) is 0 Å². The molecule has 1 aromatic heterocycles. The predicted molar refractivity (Wildman–Crippen MR) is 126 cm³/mol. The Morgan fingerprint density at radius 3 is 2.76 bits per heavy atom. The zero-order valence-corrected chi connectivity index (χ0v) is 19.2. The summed E-state index contributed by atoms with van der Waals surface area (Å²) in [5.74, 6) is -0.901. The van der Waals surface area contributed by atoms with E-state index in [4.69, 9.17) is 40.5 Å². The largest absolute Gasteiger partial charge is 0.481 e. The lowest BCUT2D eigenvalue weighted by molar-refractivity contribution is -0.137. The SMILES string of the molecule is O=C(O)CCCCCN1C(=O)/C(=C/c2cc(-c3cc(Cl)ccc3Cl)cs2)SC1=S. The van der Waals surface area contributed by atoms with Crippen molar-refractivity contribution in [3.8, 4) is 11.1 Å². The zero-order valence-electron chi connectivity index (χ0n) is 15.2. The molecule has 1 fully saturated rings. The van der Waals surface area contributed by atoms with Crippen LogP contribution in [0.4, 0.5) is 0 Å². The molecule has 1 amide bonds. The number of carboxylic acid groups (broad SMARTS) is 1. The molecule has 0 unspecified atom stereocenters. The maximum absolute atomic E-state index is 12.7. The fraction of sp³-hybridized carbons (Fsp3) is 0.250. The summed E-state index contributed by atoms with van der Waals surface area (Å²) in [4.78, 5) is 26.4. The van der Waals surface area contributed by atoms with Gasteiger partial charge in [0.25, 0.3) is 5.91 Å². The maximum Gasteiger partial charge on any atom is 0.303 e. The molecule has 0 spiro atoms. The van der Waals surface area contributed by atoms with Gasteiger partial charge in [0.2, 0.25) is 0 Å². The molecule has 2 heterocycles. The van der Waals surface area contributed by atoms with Crippen molar-refractivity contribution in [3.63, 3.8) is 0 Å². The molecule has 1 N–H and O–H groups in total. The third kappa shape index (κ3) is 5.83. The molecule has 1 saturated heterocycles. The van der Waals surface area contributed by atoms with Gasteiger partial charge in [0.05, 0.1) is 4.91 Å². The van der Waals surface area contributed by atoms with Crippen molar-refractivity contribution in [2.75, 3.05) is 6.54 Å². The van der Waals surface area contributed by atoms with Gasteiger partial charge in [-0.15, -0.1) is 11.3 Å². The van der Waals surface area contributed by atoms with Gasteiger partial charge in [0.1, 0.15) is 4.32 Å². The summed E-state index contributed by atoms with van der Waals surface area (Å²) in [6.07, 6.45) is 4.07.